The molecule has 0 saturated heterocycles. The molecule has 0 N–H and O–H groups in total. The number of hydrogen-bond donors (Lipinski definition) is 0. The molecule has 0 unspecified atom stereocenters. The molecule has 21 heavy (non-hydrogen) atoms. The fraction of sp³-hybridized carbons (Fsp3) is 0.462. The average molecular weight is 401 g/mol. The molecule has 0 aliphatic rings. The Kier molecular flexibility index (Phi) is 5.45. The largest absolute Gasteiger partial charge is 0.337 e. The number of benzene rings is 1. The van der Waals surface area contributed by atoms with E-state index in [1.54, 1.807) is 7.05 Å². The summed E-state index contributed by atoms with van der Waals surface area (Å²) in [6.07, 6.45) is 0.689. The molecule has 1 aromatic rings. The zero-order valence-electron chi connectivity index (χ0n) is 12.1. The van der Waals surface area contributed by atoms with E-state index in [0.717, 1.165) is 12.1 Å². The van der Waals surface area contributed by atoms with Crippen molar-refractivity contribution in [2.75, 3.05) is 7.05 Å². The van der Waals surface area contributed by atoms with Gasteiger partial charge in [0.1, 0.15) is 10.7 Å². The van der Waals surface area contributed by atoms with Crippen LogP contribution in [0.5, 0.6) is 0 Å². The van der Waals surface area contributed by atoms with E-state index in [9.17, 15) is 17.6 Å². The van der Waals surface area contributed by atoms with Crippen LogP contribution < -0.4 is 0 Å². The third-order valence-electron chi connectivity index (χ3n) is 3.58. The molecule has 0 bridgehead atoms. The highest BCUT2D eigenvalue weighted by molar-refractivity contribution is 9.10. The lowest BCUT2D eigenvalue weighted by atomic mass is 9.99. The van der Waals surface area contributed by atoms with Gasteiger partial charge < -0.3 is 4.90 Å². The van der Waals surface area contributed by atoms with Gasteiger partial charge in [0.2, 0.25) is 0 Å². The van der Waals surface area contributed by atoms with E-state index in [1.807, 2.05) is 20.8 Å². The molecule has 1 amide bonds. The van der Waals surface area contributed by atoms with Crippen LogP contribution in [0.3, 0.4) is 0 Å². The van der Waals surface area contributed by atoms with Gasteiger partial charge in [0.15, 0.2) is 0 Å². The number of hydrogen-bond acceptors (Lipinski definition) is 3. The van der Waals surface area contributed by atoms with Gasteiger partial charge >= 0.3 is 0 Å². The Morgan fingerprint density at radius 2 is 1.95 bits per heavy atom. The van der Waals surface area contributed by atoms with E-state index in [0.29, 0.717) is 6.42 Å². The van der Waals surface area contributed by atoms with E-state index < -0.39 is 31.2 Å². The number of halogens is 3. The fourth-order valence-corrected chi connectivity index (χ4v) is 3.66. The lowest BCUT2D eigenvalue weighted by Gasteiger charge is -2.35. The van der Waals surface area contributed by atoms with Crippen molar-refractivity contribution in [3.8, 4) is 0 Å². The molecule has 0 radical (unpaired) electrons. The summed E-state index contributed by atoms with van der Waals surface area (Å²) in [4.78, 5) is 13.4. The van der Waals surface area contributed by atoms with Gasteiger partial charge in [-0.1, -0.05) is 6.92 Å². The Morgan fingerprint density at radius 3 is 2.38 bits per heavy atom. The Bertz CT molecular complexity index is 676. The first kappa shape index (κ1) is 18.4. The van der Waals surface area contributed by atoms with Crippen molar-refractivity contribution in [1.29, 1.82) is 0 Å². The second-order valence-corrected chi connectivity index (χ2v) is 8.57. The Morgan fingerprint density at radius 1 is 1.43 bits per heavy atom. The van der Waals surface area contributed by atoms with Gasteiger partial charge in [-0.15, -0.1) is 0 Å². The zero-order valence-corrected chi connectivity index (χ0v) is 15.2. The van der Waals surface area contributed by atoms with Crippen LogP contribution in [0.4, 0.5) is 4.39 Å². The molecule has 0 aromatic heterocycles. The standard InChI is InChI=1S/C13H16BrClFNO3S/c1-5-13(2,3)17(4)12(18)8-6-9(16)11(14)10(7-8)21(15,19)20/h6-7H,5H2,1-4H3. The molecule has 0 aliphatic heterocycles. The maximum atomic E-state index is 13.8. The van der Waals surface area contributed by atoms with Crippen molar-refractivity contribution in [3.05, 3.63) is 28.0 Å². The quantitative estimate of drug-likeness (QED) is 0.723. The predicted molar refractivity (Wildman–Crippen MR) is 83.6 cm³/mol. The van der Waals surface area contributed by atoms with Gasteiger partial charge in [-0.3, -0.25) is 4.79 Å². The van der Waals surface area contributed by atoms with Crippen LogP contribution in [0.15, 0.2) is 21.5 Å². The first-order valence-corrected chi connectivity index (χ1v) is 9.24. The van der Waals surface area contributed by atoms with Crippen molar-refractivity contribution in [1.82, 2.24) is 4.90 Å². The van der Waals surface area contributed by atoms with Gasteiger partial charge in [0.05, 0.1) is 4.47 Å². The highest BCUT2D eigenvalue weighted by Crippen LogP contribution is 2.30. The second-order valence-electron chi connectivity index (χ2n) is 5.24. The minimum Gasteiger partial charge on any atom is -0.337 e. The van der Waals surface area contributed by atoms with Crippen LogP contribution in [-0.4, -0.2) is 31.8 Å². The van der Waals surface area contributed by atoms with Gasteiger partial charge in [-0.05, 0) is 48.3 Å². The molecule has 118 valence electrons. The van der Waals surface area contributed by atoms with Gasteiger partial charge in [0, 0.05) is 28.8 Å². The number of nitrogens with zero attached hydrogens (tertiary/aromatic N) is 1. The van der Waals surface area contributed by atoms with E-state index in [2.05, 4.69) is 15.9 Å². The third-order valence-corrected chi connectivity index (χ3v) is 6.00. The molecule has 1 aromatic carbocycles. The smallest absolute Gasteiger partial charge is 0.262 e. The van der Waals surface area contributed by atoms with E-state index in [1.165, 1.54) is 4.90 Å². The molecule has 0 aliphatic carbocycles. The molecular weight excluding hydrogens is 385 g/mol. The minimum absolute atomic E-state index is 0.0704. The molecule has 0 spiro atoms. The van der Waals surface area contributed by atoms with Crippen LogP contribution >= 0.6 is 26.6 Å². The first-order valence-electron chi connectivity index (χ1n) is 6.13. The fourth-order valence-electron chi connectivity index (χ4n) is 1.57. The van der Waals surface area contributed by atoms with Crippen LogP contribution in [0.2, 0.25) is 0 Å². The third kappa shape index (κ3) is 3.96. The predicted octanol–water partition coefficient (Wildman–Crippen LogP) is 3.78. The summed E-state index contributed by atoms with van der Waals surface area (Å²) < 4.78 is 36.4. The van der Waals surface area contributed by atoms with E-state index >= 15 is 0 Å². The molecular formula is C13H16BrClFNO3S. The van der Waals surface area contributed by atoms with Gasteiger partial charge in [0.25, 0.3) is 15.0 Å². The zero-order chi connectivity index (χ0) is 16.6. The number of carbonyl (C=O) groups excluding carboxylic acids is 1. The maximum absolute atomic E-state index is 13.8. The van der Waals surface area contributed by atoms with E-state index in [-0.39, 0.29) is 10.0 Å². The summed E-state index contributed by atoms with van der Waals surface area (Å²) in [6.45, 7) is 5.64. The molecule has 4 nitrogen and oxygen atoms in total. The minimum atomic E-state index is -4.16. The summed E-state index contributed by atoms with van der Waals surface area (Å²) in [5.41, 5.74) is -0.514. The summed E-state index contributed by atoms with van der Waals surface area (Å²) in [5, 5.41) is 0. The van der Waals surface area contributed by atoms with Crippen molar-refractivity contribution in [2.24, 2.45) is 0 Å². The van der Waals surface area contributed by atoms with Crippen LogP contribution in [0.25, 0.3) is 0 Å². The number of carbonyl (C=O) groups is 1. The topological polar surface area (TPSA) is 54.5 Å². The SMILES string of the molecule is CCC(C)(C)N(C)C(=O)c1cc(F)c(Br)c(S(=O)(=O)Cl)c1. The summed E-state index contributed by atoms with van der Waals surface area (Å²) >= 11 is 2.83. The molecule has 0 heterocycles. The Balaban J connectivity index is 3.40. The average Bonchev–Trinajstić information content (AvgIpc) is 2.38. The second kappa shape index (κ2) is 6.22. The normalized spacial score (nSPS) is 12.3. The molecule has 0 fully saturated rings. The Hall–Kier alpha value is -0.660. The maximum Gasteiger partial charge on any atom is 0.262 e. The summed E-state index contributed by atoms with van der Waals surface area (Å²) in [7, 11) is 2.68. The molecule has 1 rings (SSSR count). The number of rotatable bonds is 4. The van der Waals surface area contributed by atoms with Gasteiger partial charge in [-0.2, -0.15) is 0 Å². The molecule has 8 heteroatoms. The van der Waals surface area contributed by atoms with Crippen LogP contribution in [-0.2, 0) is 9.05 Å². The highest BCUT2D eigenvalue weighted by Gasteiger charge is 2.28. The first-order chi connectivity index (χ1) is 9.41. The lowest BCUT2D eigenvalue weighted by Crippen LogP contribution is -2.44. The Labute approximate surface area is 136 Å². The van der Waals surface area contributed by atoms with Crippen molar-refractivity contribution >= 4 is 41.6 Å². The highest BCUT2D eigenvalue weighted by atomic mass is 79.9. The molecule has 0 saturated carbocycles. The van der Waals surface area contributed by atoms with Crippen LogP contribution in [0.1, 0.15) is 37.6 Å². The van der Waals surface area contributed by atoms with Crippen molar-refractivity contribution in [2.45, 2.75) is 37.6 Å². The monoisotopic (exact) mass is 399 g/mol. The van der Waals surface area contributed by atoms with E-state index in [4.69, 9.17) is 10.7 Å². The van der Waals surface area contributed by atoms with Gasteiger partial charge in [-0.25, -0.2) is 12.8 Å². The van der Waals surface area contributed by atoms with Crippen LogP contribution in [0, 0.1) is 5.82 Å². The van der Waals surface area contributed by atoms with Crippen molar-refractivity contribution < 1.29 is 17.6 Å². The summed E-state index contributed by atoms with van der Waals surface area (Å²) in [5.74, 6) is -1.34. The summed E-state index contributed by atoms with van der Waals surface area (Å²) in [6, 6.07) is 2.06. The van der Waals surface area contributed by atoms with Crippen molar-refractivity contribution in [3.63, 3.8) is 0 Å². The lowest BCUT2D eigenvalue weighted by molar-refractivity contribution is 0.0619. The number of amides is 1. The molecule has 0 atom stereocenters.